The number of benzene rings is 1. The van der Waals surface area contributed by atoms with E-state index >= 15 is 0 Å². The second-order valence-electron chi connectivity index (χ2n) is 9.72. The Morgan fingerprint density at radius 2 is 1.73 bits per heavy atom. The fourth-order valence-corrected chi connectivity index (χ4v) is 4.58. The SMILES string of the molecule is CCOC(=O)C(C)(C[C@H]1CN(c2ccc(B3OC(C)(C)C(C)(C)O3)cc2)C(=O)O1)S(C)(=O)=O. The van der Waals surface area contributed by atoms with Gasteiger partial charge in [-0.15, -0.1) is 0 Å². The van der Waals surface area contributed by atoms with Crippen molar-refractivity contribution in [1.29, 1.82) is 0 Å². The number of carbonyl (C=O) groups is 2. The summed E-state index contributed by atoms with van der Waals surface area (Å²) >= 11 is 0. The molecule has 0 radical (unpaired) electrons. The Hall–Kier alpha value is -2.11. The molecule has 2 atom stereocenters. The third-order valence-electron chi connectivity index (χ3n) is 6.75. The molecule has 1 aromatic rings. The summed E-state index contributed by atoms with van der Waals surface area (Å²) in [7, 11) is -4.34. The van der Waals surface area contributed by atoms with Crippen LogP contribution < -0.4 is 10.4 Å². The van der Waals surface area contributed by atoms with Crippen molar-refractivity contribution in [2.45, 2.75) is 70.0 Å². The zero-order chi connectivity index (χ0) is 24.8. The Morgan fingerprint density at radius 1 is 1.18 bits per heavy atom. The van der Waals surface area contributed by atoms with Crippen LogP contribution in [-0.4, -0.2) is 69.1 Å². The smallest absolute Gasteiger partial charge is 0.465 e. The van der Waals surface area contributed by atoms with Crippen LogP contribution in [0, 0.1) is 0 Å². The quantitative estimate of drug-likeness (QED) is 0.430. The van der Waals surface area contributed by atoms with Crippen LogP contribution in [0.4, 0.5) is 10.5 Å². The summed E-state index contributed by atoms with van der Waals surface area (Å²) in [6.07, 6.45) is -0.612. The fraction of sp³-hybridized carbons (Fsp3) is 0.636. The molecule has 9 nitrogen and oxygen atoms in total. The molecule has 182 valence electrons. The Kier molecular flexibility index (Phi) is 6.64. The molecule has 0 saturated carbocycles. The normalized spacial score (nSPS) is 23.8. The molecule has 1 aromatic carbocycles. The lowest BCUT2D eigenvalue weighted by molar-refractivity contribution is -0.146. The number of ether oxygens (including phenoxy) is 2. The van der Waals surface area contributed by atoms with Crippen molar-refractivity contribution in [2.75, 3.05) is 24.3 Å². The second-order valence-corrected chi connectivity index (χ2v) is 12.2. The van der Waals surface area contributed by atoms with Crippen molar-refractivity contribution in [2.24, 2.45) is 0 Å². The van der Waals surface area contributed by atoms with E-state index in [2.05, 4.69) is 0 Å². The van der Waals surface area contributed by atoms with Gasteiger partial charge in [0.2, 0.25) is 0 Å². The third-order valence-corrected chi connectivity index (χ3v) is 8.72. The highest BCUT2D eigenvalue weighted by atomic mass is 32.2. The molecule has 2 aliphatic rings. The summed E-state index contributed by atoms with van der Waals surface area (Å²) in [5.41, 5.74) is 0.467. The van der Waals surface area contributed by atoms with Gasteiger partial charge < -0.3 is 18.8 Å². The van der Waals surface area contributed by atoms with Crippen LogP contribution in [0.15, 0.2) is 24.3 Å². The van der Waals surface area contributed by atoms with Crippen molar-refractivity contribution >= 4 is 40.2 Å². The number of rotatable bonds is 7. The molecule has 0 N–H and O–H groups in total. The van der Waals surface area contributed by atoms with Crippen molar-refractivity contribution in [1.82, 2.24) is 0 Å². The molecular formula is C22H32BNO8S. The van der Waals surface area contributed by atoms with Crippen molar-refractivity contribution in [3.05, 3.63) is 24.3 Å². The van der Waals surface area contributed by atoms with Gasteiger partial charge in [0.1, 0.15) is 6.10 Å². The summed E-state index contributed by atoms with van der Waals surface area (Å²) in [5, 5.41) is 0. The first kappa shape index (κ1) is 25.5. The number of carbonyl (C=O) groups excluding carboxylic acids is 2. The maximum atomic E-state index is 12.5. The first-order chi connectivity index (χ1) is 15.1. The van der Waals surface area contributed by atoms with Gasteiger partial charge in [-0.3, -0.25) is 9.69 Å². The molecule has 1 amide bonds. The van der Waals surface area contributed by atoms with Crippen molar-refractivity contribution < 1.29 is 36.8 Å². The lowest BCUT2D eigenvalue weighted by Gasteiger charge is -2.32. The molecule has 2 heterocycles. The first-order valence-corrected chi connectivity index (χ1v) is 12.8. The van der Waals surface area contributed by atoms with Crippen LogP contribution in [-0.2, 0) is 33.4 Å². The number of sulfone groups is 1. The van der Waals surface area contributed by atoms with Crippen LogP contribution in [0.2, 0.25) is 0 Å². The summed E-state index contributed by atoms with van der Waals surface area (Å²) in [5.74, 6) is -0.853. The summed E-state index contributed by atoms with van der Waals surface area (Å²) in [4.78, 5) is 26.3. The molecule has 2 aliphatic heterocycles. The predicted octanol–water partition coefficient (Wildman–Crippen LogP) is 2.07. The van der Waals surface area contributed by atoms with E-state index in [4.69, 9.17) is 18.8 Å². The van der Waals surface area contributed by atoms with Gasteiger partial charge in [0.25, 0.3) is 0 Å². The molecule has 2 fully saturated rings. The molecule has 1 unspecified atom stereocenters. The Bertz CT molecular complexity index is 1010. The number of nitrogens with zero attached hydrogens (tertiary/aromatic N) is 1. The van der Waals surface area contributed by atoms with Gasteiger partial charge in [-0.1, -0.05) is 12.1 Å². The highest BCUT2D eigenvalue weighted by Gasteiger charge is 2.52. The van der Waals surface area contributed by atoms with E-state index in [0.29, 0.717) is 5.69 Å². The first-order valence-electron chi connectivity index (χ1n) is 10.9. The van der Waals surface area contributed by atoms with E-state index in [1.54, 1.807) is 19.1 Å². The van der Waals surface area contributed by atoms with E-state index in [1.165, 1.54) is 11.8 Å². The molecule has 3 rings (SSSR count). The average molecular weight is 481 g/mol. The molecule has 0 aromatic heterocycles. The third kappa shape index (κ3) is 4.76. The van der Waals surface area contributed by atoms with Gasteiger partial charge in [-0.2, -0.15) is 0 Å². The number of amides is 1. The monoisotopic (exact) mass is 481 g/mol. The Balaban J connectivity index is 1.73. The van der Waals surface area contributed by atoms with Gasteiger partial charge in [0, 0.05) is 18.4 Å². The van der Waals surface area contributed by atoms with Gasteiger partial charge in [0.15, 0.2) is 14.6 Å². The second kappa shape index (κ2) is 8.59. The minimum absolute atomic E-state index is 0.0512. The minimum atomic E-state index is -3.82. The highest BCUT2D eigenvalue weighted by molar-refractivity contribution is 7.92. The van der Waals surface area contributed by atoms with E-state index in [1.807, 2.05) is 39.8 Å². The summed E-state index contributed by atoms with van der Waals surface area (Å²) < 4.78 is 45.4. The standard InChI is InChI=1S/C22H32BNO8S/c1-8-29-18(25)22(6,33(7,27)28)13-17-14-24(19(26)30-17)16-11-9-15(10-12-16)23-31-20(2,3)21(4,5)32-23/h9-12,17H,8,13-14H2,1-7H3/t17-,22?/m0/s1. The van der Waals surface area contributed by atoms with Crippen LogP contribution in [0.5, 0.6) is 0 Å². The van der Waals surface area contributed by atoms with Crippen LogP contribution in [0.25, 0.3) is 0 Å². The number of cyclic esters (lactones) is 1. The molecular weight excluding hydrogens is 449 g/mol. The van der Waals surface area contributed by atoms with Gasteiger partial charge >= 0.3 is 19.2 Å². The van der Waals surface area contributed by atoms with Crippen LogP contribution >= 0.6 is 0 Å². The van der Waals surface area contributed by atoms with Gasteiger partial charge in [0.05, 0.1) is 24.4 Å². The molecule has 2 saturated heterocycles. The van der Waals surface area contributed by atoms with Gasteiger partial charge in [-0.05, 0) is 59.1 Å². The number of hydrogen-bond acceptors (Lipinski definition) is 8. The maximum Gasteiger partial charge on any atom is 0.494 e. The summed E-state index contributed by atoms with van der Waals surface area (Å²) in [6, 6.07) is 7.14. The molecule has 0 spiro atoms. The fourth-order valence-electron chi connectivity index (χ4n) is 3.73. The minimum Gasteiger partial charge on any atom is -0.465 e. The number of hydrogen-bond donors (Lipinski definition) is 0. The van der Waals surface area contributed by atoms with E-state index in [-0.39, 0.29) is 19.6 Å². The largest absolute Gasteiger partial charge is 0.494 e. The lowest BCUT2D eigenvalue weighted by atomic mass is 9.79. The maximum absolute atomic E-state index is 12.5. The van der Waals surface area contributed by atoms with E-state index in [9.17, 15) is 18.0 Å². The molecule has 0 bridgehead atoms. The van der Waals surface area contributed by atoms with Gasteiger partial charge in [-0.25, -0.2) is 13.2 Å². The molecule has 11 heteroatoms. The average Bonchev–Trinajstić information content (AvgIpc) is 3.16. The Labute approximate surface area is 195 Å². The van der Waals surface area contributed by atoms with Crippen LogP contribution in [0.1, 0.15) is 48.0 Å². The topological polar surface area (TPSA) is 108 Å². The number of esters is 1. The lowest BCUT2D eigenvalue weighted by Crippen LogP contribution is -2.47. The van der Waals surface area contributed by atoms with Crippen molar-refractivity contribution in [3.8, 4) is 0 Å². The predicted molar refractivity (Wildman–Crippen MR) is 124 cm³/mol. The number of anilines is 1. The van der Waals surface area contributed by atoms with Crippen LogP contribution in [0.3, 0.4) is 0 Å². The highest BCUT2D eigenvalue weighted by Crippen LogP contribution is 2.37. The molecule has 33 heavy (non-hydrogen) atoms. The zero-order valence-corrected chi connectivity index (χ0v) is 21.0. The van der Waals surface area contributed by atoms with Crippen molar-refractivity contribution in [3.63, 3.8) is 0 Å². The molecule has 0 aliphatic carbocycles. The zero-order valence-electron chi connectivity index (χ0n) is 20.2. The van der Waals surface area contributed by atoms with E-state index < -0.39 is 51.1 Å². The Morgan fingerprint density at radius 3 is 2.21 bits per heavy atom. The van der Waals surface area contributed by atoms with E-state index in [0.717, 1.165) is 11.7 Å². The summed E-state index contributed by atoms with van der Waals surface area (Å²) in [6.45, 7) is 11.0.